The molecule has 0 saturated carbocycles. The van der Waals surface area contributed by atoms with Gasteiger partial charge in [0.2, 0.25) is 0 Å². The first-order valence-electron chi connectivity index (χ1n) is 27.1. The highest BCUT2D eigenvalue weighted by Crippen LogP contribution is 2.47. The molecule has 0 unspecified atom stereocenters. The standard InChI is InChI=1S/C14H25N.C14H26.C13H24.C12H20N2.C11H20N2/c1-10-8-9-11(13(2,3)4)12(15-10)14(5,6)7;1-13(2,3)11-9-7-8-10-12(11)14(4,5)6;1-12(2,3)10-8-7-9-11(10)13(4,5)6;1-11(2,3)9-10(12(4,5)6)14-8-7-13-9;1-10(2,3)8-9(11(4,5)6)13-7-12-8/h15H,1,8-9H2,2-7H3;7-10H2,1-6H3;7-9H2,1-6H3;7-8H,1-6H3;7H2,1-6H3. The van der Waals surface area contributed by atoms with Gasteiger partial charge < -0.3 is 5.32 Å². The molecule has 396 valence electrons. The topological polar surface area (TPSA) is 62.5 Å². The van der Waals surface area contributed by atoms with E-state index in [4.69, 9.17) is 0 Å². The molecule has 0 atom stereocenters. The van der Waals surface area contributed by atoms with Gasteiger partial charge in [-0.3, -0.25) is 20.0 Å². The van der Waals surface area contributed by atoms with E-state index in [1.54, 1.807) is 40.3 Å². The zero-order valence-electron chi connectivity index (χ0n) is 51.7. The zero-order chi connectivity index (χ0) is 54.4. The van der Waals surface area contributed by atoms with Crippen LogP contribution in [0.25, 0.3) is 0 Å². The van der Waals surface area contributed by atoms with Crippen molar-refractivity contribution in [3.63, 3.8) is 0 Å². The normalized spacial score (nSPS) is 18.1. The summed E-state index contributed by atoms with van der Waals surface area (Å²) < 4.78 is 0. The van der Waals surface area contributed by atoms with Gasteiger partial charge in [0.15, 0.2) is 0 Å². The van der Waals surface area contributed by atoms with Crippen molar-refractivity contribution in [2.24, 2.45) is 53.3 Å². The molecule has 0 aromatic carbocycles. The van der Waals surface area contributed by atoms with Crippen LogP contribution in [0.15, 0.2) is 68.2 Å². The average molecular weight is 955 g/mol. The Hall–Kier alpha value is -2.82. The van der Waals surface area contributed by atoms with E-state index in [1.807, 2.05) is 0 Å². The molecule has 1 N–H and O–H groups in total. The Morgan fingerprint density at radius 1 is 0.333 bits per heavy atom. The molecule has 0 spiro atoms. The Bertz CT molecular complexity index is 1890. The van der Waals surface area contributed by atoms with Crippen molar-refractivity contribution in [1.82, 2.24) is 15.3 Å². The third-order valence-electron chi connectivity index (χ3n) is 13.5. The van der Waals surface area contributed by atoms with E-state index < -0.39 is 0 Å². The van der Waals surface area contributed by atoms with E-state index in [2.05, 4.69) is 240 Å². The summed E-state index contributed by atoms with van der Waals surface area (Å²) in [6, 6.07) is 0. The van der Waals surface area contributed by atoms with Crippen LogP contribution in [-0.2, 0) is 10.8 Å². The molecule has 69 heavy (non-hydrogen) atoms. The predicted octanol–water partition coefficient (Wildman–Crippen LogP) is 19.7. The molecule has 1 aromatic rings. The first kappa shape index (κ1) is 64.2. The number of aliphatic imine (C=N–C) groups is 2. The Morgan fingerprint density at radius 3 is 0.870 bits per heavy atom. The summed E-state index contributed by atoms with van der Waals surface area (Å²) in [7, 11) is 0. The van der Waals surface area contributed by atoms with Crippen molar-refractivity contribution in [2.45, 2.75) is 276 Å². The highest BCUT2D eigenvalue weighted by Gasteiger charge is 2.35. The zero-order valence-corrected chi connectivity index (χ0v) is 51.7. The molecule has 2 aliphatic heterocycles. The Balaban J connectivity index is 0.000000432. The monoisotopic (exact) mass is 954 g/mol. The number of nitrogens with one attached hydrogen (secondary N) is 1. The van der Waals surface area contributed by atoms with Crippen LogP contribution in [0.1, 0.15) is 277 Å². The quantitative estimate of drug-likeness (QED) is 0.264. The number of allylic oxidation sites excluding steroid dienone is 7. The number of hydrogen-bond acceptors (Lipinski definition) is 5. The summed E-state index contributed by atoms with van der Waals surface area (Å²) in [5.41, 5.74) is 17.9. The van der Waals surface area contributed by atoms with Crippen LogP contribution in [0.2, 0.25) is 0 Å². The van der Waals surface area contributed by atoms with E-state index in [9.17, 15) is 0 Å². The summed E-state index contributed by atoms with van der Waals surface area (Å²) in [6.07, 6.45) is 15.3. The fraction of sp³-hybridized carbons (Fsp3) is 0.781. The Kier molecular flexibility index (Phi) is 21.7. The third-order valence-corrected chi connectivity index (χ3v) is 13.5. The van der Waals surface area contributed by atoms with Crippen molar-refractivity contribution in [2.75, 3.05) is 6.67 Å². The number of hydrogen-bond donors (Lipinski definition) is 1. The Labute approximate surface area is 430 Å². The second-order valence-corrected chi connectivity index (χ2v) is 31.0. The van der Waals surface area contributed by atoms with Gasteiger partial charge in [0.1, 0.15) is 6.67 Å². The second kappa shape index (κ2) is 23.4. The van der Waals surface area contributed by atoms with Gasteiger partial charge in [0.25, 0.3) is 0 Å². The largest absolute Gasteiger partial charge is 0.362 e. The van der Waals surface area contributed by atoms with Crippen LogP contribution >= 0.6 is 0 Å². The smallest absolute Gasteiger partial charge is 0.130 e. The molecule has 0 amide bonds. The molecule has 5 rings (SSSR count). The van der Waals surface area contributed by atoms with Crippen LogP contribution in [0.3, 0.4) is 0 Å². The summed E-state index contributed by atoms with van der Waals surface area (Å²) in [6.45, 7) is 72.8. The van der Waals surface area contributed by atoms with E-state index in [-0.39, 0.29) is 32.5 Å². The molecule has 1 aromatic heterocycles. The SMILES string of the molecule is C=C1CCC(C(C)(C)C)=C(C(C)(C)C)N1.CC(C)(C)C1=C(C(C)(C)C)CCC1.CC(C)(C)C1=C(C(C)(C)C)CCCC1.CC(C)(C)C1=NCN=C1C(C)(C)C.CC(C)(C)c1nccnc1C(C)(C)C. The summed E-state index contributed by atoms with van der Waals surface area (Å²) >= 11 is 0. The molecule has 0 fully saturated rings. The minimum atomic E-state index is 0.0663. The van der Waals surface area contributed by atoms with Crippen LogP contribution in [-0.4, -0.2) is 28.1 Å². The maximum absolute atomic E-state index is 4.47. The maximum Gasteiger partial charge on any atom is 0.130 e. The third kappa shape index (κ3) is 20.7. The molecule has 5 heteroatoms. The molecule has 0 saturated heterocycles. The van der Waals surface area contributed by atoms with Gasteiger partial charge in [0.05, 0.1) is 22.8 Å². The highest BCUT2D eigenvalue weighted by atomic mass is 15.0. The van der Waals surface area contributed by atoms with Crippen molar-refractivity contribution in [3.8, 4) is 0 Å². The molecular formula is C64H115N5. The highest BCUT2D eigenvalue weighted by molar-refractivity contribution is 6.46. The average Bonchev–Trinajstić information content (AvgIpc) is 3.86. The minimum absolute atomic E-state index is 0.0663. The lowest BCUT2D eigenvalue weighted by Gasteiger charge is -2.38. The van der Waals surface area contributed by atoms with E-state index in [0.717, 1.165) is 29.9 Å². The van der Waals surface area contributed by atoms with Crippen LogP contribution in [0.4, 0.5) is 0 Å². The van der Waals surface area contributed by atoms with Crippen molar-refractivity contribution in [1.29, 1.82) is 0 Å². The van der Waals surface area contributed by atoms with Crippen molar-refractivity contribution >= 4 is 11.4 Å². The molecule has 2 aliphatic carbocycles. The van der Waals surface area contributed by atoms with Gasteiger partial charge in [-0.1, -0.05) is 237 Å². The van der Waals surface area contributed by atoms with Gasteiger partial charge in [-0.25, -0.2) is 0 Å². The van der Waals surface area contributed by atoms with Gasteiger partial charge >= 0.3 is 0 Å². The van der Waals surface area contributed by atoms with E-state index in [0.29, 0.717) is 28.3 Å². The summed E-state index contributed by atoms with van der Waals surface area (Å²) in [4.78, 5) is 17.8. The molecule has 4 aliphatic rings. The van der Waals surface area contributed by atoms with Crippen LogP contribution in [0.5, 0.6) is 0 Å². The number of nitrogens with zero attached hydrogens (tertiary/aromatic N) is 4. The lowest BCUT2D eigenvalue weighted by atomic mass is 9.69. The number of aromatic nitrogens is 2. The summed E-state index contributed by atoms with van der Waals surface area (Å²) in [5, 5.41) is 3.50. The van der Waals surface area contributed by atoms with Crippen LogP contribution < -0.4 is 5.32 Å². The van der Waals surface area contributed by atoms with Gasteiger partial charge in [0, 0.05) is 50.9 Å². The summed E-state index contributed by atoms with van der Waals surface area (Å²) in [5.74, 6) is 0. The van der Waals surface area contributed by atoms with Crippen LogP contribution in [0, 0.1) is 43.3 Å². The molecule has 0 bridgehead atoms. The van der Waals surface area contributed by atoms with E-state index >= 15 is 0 Å². The predicted molar refractivity (Wildman–Crippen MR) is 310 cm³/mol. The lowest BCUT2D eigenvalue weighted by Crippen LogP contribution is -2.35. The van der Waals surface area contributed by atoms with E-state index in [1.165, 1.54) is 62.1 Å². The fourth-order valence-electron chi connectivity index (χ4n) is 10.0. The molecular weight excluding hydrogens is 839 g/mol. The lowest BCUT2D eigenvalue weighted by molar-refractivity contribution is 0.389. The second-order valence-electron chi connectivity index (χ2n) is 31.0. The van der Waals surface area contributed by atoms with Crippen molar-refractivity contribution in [3.05, 3.63) is 69.6 Å². The molecule has 0 radical (unpaired) electrons. The molecule has 5 nitrogen and oxygen atoms in total. The van der Waals surface area contributed by atoms with Gasteiger partial charge in [-0.05, 0) is 90.4 Å². The van der Waals surface area contributed by atoms with Gasteiger partial charge in [-0.2, -0.15) is 0 Å². The first-order valence-corrected chi connectivity index (χ1v) is 27.1. The molecule has 3 heterocycles. The van der Waals surface area contributed by atoms with Crippen molar-refractivity contribution < 1.29 is 0 Å². The minimum Gasteiger partial charge on any atom is -0.362 e. The fourth-order valence-corrected chi connectivity index (χ4v) is 10.0. The first-order chi connectivity index (χ1) is 30.5. The van der Waals surface area contributed by atoms with Gasteiger partial charge in [-0.15, -0.1) is 0 Å². The Morgan fingerprint density at radius 2 is 0.623 bits per heavy atom. The number of rotatable bonds is 0. The maximum atomic E-state index is 4.47.